The van der Waals surface area contributed by atoms with Crippen LogP contribution in [0.25, 0.3) is 6.08 Å². The van der Waals surface area contributed by atoms with E-state index in [1.807, 2.05) is 6.07 Å². The van der Waals surface area contributed by atoms with Crippen LogP contribution in [0.5, 0.6) is 0 Å². The largest absolute Gasteiger partial charge is 0.307 e. The molecule has 22 heavy (non-hydrogen) atoms. The second kappa shape index (κ2) is 7.32. The Bertz CT molecular complexity index is 747. The first-order valence-electron chi connectivity index (χ1n) is 6.00. The molecule has 6 nitrogen and oxygen atoms in total. The molecule has 1 heterocycles. The van der Waals surface area contributed by atoms with E-state index in [4.69, 9.17) is 11.6 Å². The van der Waals surface area contributed by atoms with Gasteiger partial charge in [-0.25, -0.2) is 4.98 Å². The topological polar surface area (TPSA) is 85.1 Å². The van der Waals surface area contributed by atoms with E-state index in [1.165, 1.54) is 24.3 Å². The smallest absolute Gasteiger partial charge is 0.288 e. The Morgan fingerprint density at radius 2 is 2.14 bits per heavy atom. The molecule has 0 aliphatic rings. The van der Waals surface area contributed by atoms with Crippen LogP contribution < -0.4 is 5.32 Å². The van der Waals surface area contributed by atoms with Gasteiger partial charge in [0.1, 0.15) is 10.8 Å². The lowest BCUT2D eigenvalue weighted by atomic mass is 10.2. The van der Waals surface area contributed by atoms with Gasteiger partial charge in [-0.15, -0.1) is 0 Å². The number of nitro benzene ring substituents is 1. The zero-order valence-corrected chi connectivity index (χ0v) is 13.9. The number of benzene rings is 1. The van der Waals surface area contributed by atoms with Crippen molar-refractivity contribution in [2.45, 2.75) is 0 Å². The van der Waals surface area contributed by atoms with Crippen molar-refractivity contribution in [2.75, 3.05) is 5.32 Å². The molecule has 0 unspecified atom stereocenters. The number of nitrogens with one attached hydrogen (secondary N) is 1. The van der Waals surface area contributed by atoms with Crippen molar-refractivity contribution in [3.8, 4) is 0 Å². The number of hydrogen-bond donors (Lipinski definition) is 1. The molecule has 0 radical (unpaired) electrons. The highest BCUT2D eigenvalue weighted by Gasteiger charge is 2.11. The van der Waals surface area contributed by atoms with Crippen molar-refractivity contribution in [1.82, 2.24) is 4.98 Å². The van der Waals surface area contributed by atoms with Gasteiger partial charge < -0.3 is 5.32 Å². The lowest BCUT2D eigenvalue weighted by Gasteiger charge is -2.01. The molecule has 1 N–H and O–H groups in total. The quantitative estimate of drug-likeness (QED) is 0.346. The van der Waals surface area contributed by atoms with E-state index in [1.54, 1.807) is 18.3 Å². The summed E-state index contributed by atoms with van der Waals surface area (Å²) in [6.45, 7) is 0. The van der Waals surface area contributed by atoms with Crippen molar-refractivity contribution in [3.05, 3.63) is 66.9 Å². The fourth-order valence-corrected chi connectivity index (χ4v) is 2.07. The lowest BCUT2D eigenvalue weighted by molar-refractivity contribution is -0.384. The van der Waals surface area contributed by atoms with E-state index in [-0.39, 0.29) is 16.6 Å². The van der Waals surface area contributed by atoms with Crippen molar-refractivity contribution in [1.29, 1.82) is 0 Å². The number of nitro groups is 1. The van der Waals surface area contributed by atoms with Crippen LogP contribution in [-0.2, 0) is 4.79 Å². The van der Waals surface area contributed by atoms with Gasteiger partial charge in [-0.2, -0.15) is 0 Å². The molecule has 0 fully saturated rings. The highest BCUT2D eigenvalue weighted by Crippen LogP contribution is 2.25. The third kappa shape index (κ3) is 4.50. The van der Waals surface area contributed by atoms with Gasteiger partial charge in [0, 0.05) is 21.9 Å². The number of rotatable bonds is 4. The molecule has 0 saturated heterocycles. The molecular weight excluding hydrogens is 421 g/mol. The van der Waals surface area contributed by atoms with Gasteiger partial charge in [-0.1, -0.05) is 17.7 Å². The van der Waals surface area contributed by atoms with Crippen LogP contribution in [0.4, 0.5) is 11.5 Å². The second-order valence-electron chi connectivity index (χ2n) is 4.15. The molecule has 0 aliphatic heterocycles. The van der Waals surface area contributed by atoms with E-state index >= 15 is 0 Å². The molecule has 0 atom stereocenters. The zero-order valence-electron chi connectivity index (χ0n) is 11.0. The molecule has 0 saturated carbocycles. The van der Waals surface area contributed by atoms with Gasteiger partial charge in [-0.3, -0.25) is 14.9 Å². The fraction of sp³-hybridized carbons (Fsp3) is 0. The minimum Gasteiger partial charge on any atom is -0.307 e. The van der Waals surface area contributed by atoms with Gasteiger partial charge in [0.05, 0.1) is 4.92 Å². The first-order valence-corrected chi connectivity index (χ1v) is 7.46. The summed E-state index contributed by atoms with van der Waals surface area (Å²) in [4.78, 5) is 26.0. The third-order valence-electron chi connectivity index (χ3n) is 2.57. The summed E-state index contributed by atoms with van der Waals surface area (Å²) in [5.74, 6) is 0.0449. The van der Waals surface area contributed by atoms with Crippen molar-refractivity contribution in [2.24, 2.45) is 0 Å². The van der Waals surface area contributed by atoms with Crippen molar-refractivity contribution in [3.63, 3.8) is 0 Å². The summed E-state index contributed by atoms with van der Waals surface area (Å²) >= 11 is 7.83. The van der Waals surface area contributed by atoms with E-state index in [9.17, 15) is 14.9 Å². The molecule has 2 rings (SSSR count). The van der Waals surface area contributed by atoms with Crippen LogP contribution >= 0.6 is 34.2 Å². The maximum absolute atomic E-state index is 11.8. The number of hydrogen-bond acceptors (Lipinski definition) is 4. The standard InChI is InChI=1S/C14H9ClIN3O3/c15-11-4-1-9(7-12(11)19(21)22)2-6-14(20)18-13-5-3-10(16)8-17-13/h1-8H,(H,17,18,20)/b6-2+. The first-order chi connectivity index (χ1) is 10.5. The molecular formula is C14H9ClIN3O3. The minimum atomic E-state index is -0.574. The van der Waals surface area contributed by atoms with Crippen LogP contribution in [0.2, 0.25) is 5.02 Å². The summed E-state index contributed by atoms with van der Waals surface area (Å²) in [7, 11) is 0. The number of carbonyl (C=O) groups is 1. The molecule has 0 aliphatic carbocycles. The molecule has 2 aromatic rings. The van der Waals surface area contributed by atoms with Gasteiger partial charge >= 0.3 is 0 Å². The Kier molecular flexibility index (Phi) is 5.45. The number of halogens is 2. The van der Waals surface area contributed by atoms with E-state index in [0.29, 0.717) is 11.4 Å². The predicted octanol–water partition coefficient (Wildman–Crippen LogP) is 3.90. The normalized spacial score (nSPS) is 10.6. The Morgan fingerprint density at radius 1 is 1.36 bits per heavy atom. The summed E-state index contributed by atoms with van der Waals surface area (Å²) < 4.78 is 0.958. The molecule has 8 heteroatoms. The Hall–Kier alpha value is -2.00. The number of anilines is 1. The van der Waals surface area contributed by atoms with Crippen LogP contribution in [0, 0.1) is 13.7 Å². The number of carbonyl (C=O) groups excluding carboxylic acids is 1. The fourth-order valence-electron chi connectivity index (χ4n) is 1.56. The van der Waals surface area contributed by atoms with Crippen LogP contribution in [-0.4, -0.2) is 15.8 Å². The molecule has 0 spiro atoms. The average molecular weight is 430 g/mol. The van der Waals surface area contributed by atoms with Gasteiger partial charge in [0.2, 0.25) is 5.91 Å². The van der Waals surface area contributed by atoms with Crippen molar-refractivity contribution < 1.29 is 9.72 Å². The van der Waals surface area contributed by atoms with E-state index in [2.05, 4.69) is 32.9 Å². The summed E-state index contributed by atoms with van der Waals surface area (Å²) in [5, 5.41) is 13.4. The van der Waals surface area contributed by atoms with Gasteiger partial charge in [0.15, 0.2) is 0 Å². The third-order valence-corrected chi connectivity index (χ3v) is 3.53. The predicted molar refractivity (Wildman–Crippen MR) is 92.7 cm³/mol. The summed E-state index contributed by atoms with van der Waals surface area (Å²) in [6, 6.07) is 7.80. The maximum atomic E-state index is 11.8. The Labute approximate surface area is 144 Å². The highest BCUT2D eigenvalue weighted by atomic mass is 127. The monoisotopic (exact) mass is 429 g/mol. The van der Waals surface area contributed by atoms with Crippen LogP contribution in [0.1, 0.15) is 5.56 Å². The number of aromatic nitrogens is 1. The van der Waals surface area contributed by atoms with Gasteiger partial charge in [0.25, 0.3) is 5.69 Å². The molecule has 0 bridgehead atoms. The molecule has 1 aromatic carbocycles. The minimum absolute atomic E-state index is 0.0506. The molecule has 1 aromatic heterocycles. The van der Waals surface area contributed by atoms with Crippen LogP contribution in [0.15, 0.2) is 42.6 Å². The first kappa shape index (κ1) is 16.4. The molecule has 1 amide bonds. The number of amides is 1. The Morgan fingerprint density at radius 3 is 2.77 bits per heavy atom. The number of nitrogens with zero attached hydrogens (tertiary/aromatic N) is 2. The Balaban J connectivity index is 2.08. The lowest BCUT2D eigenvalue weighted by Crippen LogP contribution is -2.08. The van der Waals surface area contributed by atoms with Crippen molar-refractivity contribution >= 4 is 57.7 Å². The van der Waals surface area contributed by atoms with Crippen LogP contribution in [0.3, 0.4) is 0 Å². The summed E-state index contributed by atoms with van der Waals surface area (Å²) in [6.07, 6.45) is 4.36. The number of pyridine rings is 1. The zero-order chi connectivity index (χ0) is 16.1. The van der Waals surface area contributed by atoms with Gasteiger partial charge in [-0.05, 0) is 52.4 Å². The van der Waals surface area contributed by atoms with E-state index in [0.717, 1.165) is 3.57 Å². The second-order valence-corrected chi connectivity index (χ2v) is 5.81. The maximum Gasteiger partial charge on any atom is 0.288 e. The average Bonchev–Trinajstić information content (AvgIpc) is 2.48. The summed E-state index contributed by atoms with van der Waals surface area (Å²) in [5.41, 5.74) is 0.297. The molecule has 112 valence electrons. The highest BCUT2D eigenvalue weighted by molar-refractivity contribution is 14.1. The SMILES string of the molecule is O=C(/C=C/c1ccc(Cl)c([N+](=O)[O-])c1)Nc1ccc(I)cn1. The van der Waals surface area contributed by atoms with E-state index < -0.39 is 4.92 Å².